The van der Waals surface area contributed by atoms with Gasteiger partial charge in [-0.15, -0.1) is 0 Å². The number of rotatable bonds is 5. The highest BCUT2D eigenvalue weighted by molar-refractivity contribution is 5.83. The Morgan fingerprint density at radius 3 is 2.50 bits per heavy atom. The molecule has 0 aromatic carbocycles. The Hall–Kier alpha value is -1.10. The van der Waals surface area contributed by atoms with Gasteiger partial charge in [-0.1, -0.05) is 0 Å². The summed E-state index contributed by atoms with van der Waals surface area (Å²) >= 11 is 0. The topological polar surface area (TPSA) is 61.4 Å². The van der Waals surface area contributed by atoms with Crippen molar-refractivity contribution >= 4 is 11.8 Å². The van der Waals surface area contributed by atoms with Crippen molar-refractivity contribution in [3.05, 3.63) is 0 Å². The molecule has 2 N–H and O–H groups in total. The van der Waals surface area contributed by atoms with E-state index in [2.05, 4.69) is 10.6 Å². The number of nitrogens with one attached hydrogen (secondary N) is 2. The normalized spacial score (nSPS) is 21.5. The summed E-state index contributed by atoms with van der Waals surface area (Å²) in [5, 5.41) is 5.94. The zero-order valence-corrected chi connectivity index (χ0v) is 11.1. The highest BCUT2D eigenvalue weighted by atomic mass is 16.2. The molecule has 102 valence electrons. The standard InChI is InChI=1S/C13H23N3O2/c1-10(13(18)15-11-5-6-11)14-9-12(17)16-7-3-2-4-8-16/h10-11,14H,2-9H2,1H3,(H,15,18). The fraction of sp³-hybridized carbons (Fsp3) is 0.846. The van der Waals surface area contributed by atoms with Crippen molar-refractivity contribution in [2.75, 3.05) is 19.6 Å². The van der Waals surface area contributed by atoms with Crippen molar-refractivity contribution in [3.63, 3.8) is 0 Å². The predicted molar refractivity (Wildman–Crippen MR) is 69.1 cm³/mol. The molecular formula is C13H23N3O2. The second-order valence-corrected chi connectivity index (χ2v) is 5.33. The van der Waals surface area contributed by atoms with E-state index in [0.717, 1.165) is 38.8 Å². The lowest BCUT2D eigenvalue weighted by molar-refractivity contribution is -0.131. The van der Waals surface area contributed by atoms with E-state index in [4.69, 9.17) is 0 Å². The van der Waals surface area contributed by atoms with E-state index in [-0.39, 0.29) is 24.4 Å². The molecule has 1 aliphatic heterocycles. The van der Waals surface area contributed by atoms with Crippen LogP contribution in [-0.2, 0) is 9.59 Å². The monoisotopic (exact) mass is 253 g/mol. The van der Waals surface area contributed by atoms with Gasteiger partial charge in [-0.05, 0) is 39.0 Å². The van der Waals surface area contributed by atoms with Gasteiger partial charge in [-0.25, -0.2) is 0 Å². The molecule has 1 saturated carbocycles. The molecule has 1 atom stereocenters. The molecule has 0 radical (unpaired) electrons. The van der Waals surface area contributed by atoms with Gasteiger partial charge < -0.3 is 10.2 Å². The Labute approximate surface area is 108 Å². The van der Waals surface area contributed by atoms with Gasteiger partial charge in [0.2, 0.25) is 11.8 Å². The Balaban J connectivity index is 1.65. The zero-order valence-electron chi connectivity index (χ0n) is 11.1. The number of carbonyl (C=O) groups excluding carboxylic acids is 2. The minimum atomic E-state index is -0.292. The molecule has 18 heavy (non-hydrogen) atoms. The van der Waals surface area contributed by atoms with Crippen LogP contribution in [0.3, 0.4) is 0 Å². The molecule has 2 amide bonds. The average Bonchev–Trinajstić information content (AvgIpc) is 3.20. The van der Waals surface area contributed by atoms with Gasteiger partial charge in [0.05, 0.1) is 12.6 Å². The molecule has 0 spiro atoms. The van der Waals surface area contributed by atoms with E-state index < -0.39 is 0 Å². The molecule has 1 unspecified atom stereocenters. The molecule has 5 nitrogen and oxygen atoms in total. The van der Waals surface area contributed by atoms with Gasteiger partial charge in [0, 0.05) is 19.1 Å². The third kappa shape index (κ3) is 3.98. The maximum Gasteiger partial charge on any atom is 0.237 e. The van der Waals surface area contributed by atoms with Gasteiger partial charge in [-0.3, -0.25) is 14.9 Å². The lowest BCUT2D eigenvalue weighted by atomic mass is 10.1. The third-order valence-corrected chi connectivity index (χ3v) is 3.59. The summed E-state index contributed by atoms with van der Waals surface area (Å²) in [7, 11) is 0. The molecule has 1 aliphatic carbocycles. The number of amides is 2. The molecule has 0 aromatic rings. The highest BCUT2D eigenvalue weighted by Crippen LogP contribution is 2.18. The first-order valence-corrected chi connectivity index (χ1v) is 6.98. The second kappa shape index (κ2) is 6.18. The maximum atomic E-state index is 11.9. The molecule has 2 aliphatic rings. The Morgan fingerprint density at radius 1 is 1.22 bits per heavy atom. The first-order valence-electron chi connectivity index (χ1n) is 6.98. The van der Waals surface area contributed by atoms with E-state index in [1.165, 1.54) is 6.42 Å². The number of nitrogens with zero attached hydrogens (tertiary/aromatic N) is 1. The average molecular weight is 253 g/mol. The van der Waals surface area contributed by atoms with Crippen LogP contribution in [0.15, 0.2) is 0 Å². The van der Waals surface area contributed by atoms with Crippen LogP contribution >= 0.6 is 0 Å². The van der Waals surface area contributed by atoms with Gasteiger partial charge in [0.25, 0.3) is 0 Å². The molecule has 2 rings (SSSR count). The lowest BCUT2D eigenvalue weighted by Gasteiger charge is -2.27. The fourth-order valence-corrected chi connectivity index (χ4v) is 2.14. The lowest BCUT2D eigenvalue weighted by Crippen LogP contribution is -2.48. The smallest absolute Gasteiger partial charge is 0.237 e. The van der Waals surface area contributed by atoms with Crippen molar-refractivity contribution in [2.45, 2.75) is 51.1 Å². The van der Waals surface area contributed by atoms with Crippen LogP contribution in [0.1, 0.15) is 39.0 Å². The summed E-state index contributed by atoms with van der Waals surface area (Å²) < 4.78 is 0. The predicted octanol–water partition coefficient (Wildman–Crippen LogP) is 0.256. The summed E-state index contributed by atoms with van der Waals surface area (Å²) in [6, 6.07) is 0.0823. The van der Waals surface area contributed by atoms with E-state index in [1.54, 1.807) is 6.92 Å². The van der Waals surface area contributed by atoms with E-state index in [0.29, 0.717) is 6.04 Å². The van der Waals surface area contributed by atoms with Crippen molar-refractivity contribution < 1.29 is 9.59 Å². The molecule has 5 heteroatoms. The van der Waals surface area contributed by atoms with Crippen LogP contribution in [0.25, 0.3) is 0 Å². The molecule has 0 aromatic heterocycles. The van der Waals surface area contributed by atoms with Crippen LogP contribution in [-0.4, -0.2) is 48.4 Å². The molecule has 0 bridgehead atoms. The number of hydrogen-bond donors (Lipinski definition) is 2. The molecule has 1 saturated heterocycles. The Bertz CT molecular complexity index is 309. The molecule has 2 fully saturated rings. The summed E-state index contributed by atoms with van der Waals surface area (Å²) in [4.78, 5) is 25.5. The van der Waals surface area contributed by atoms with Crippen LogP contribution in [0.4, 0.5) is 0 Å². The van der Waals surface area contributed by atoms with Crippen molar-refractivity contribution in [1.82, 2.24) is 15.5 Å². The fourth-order valence-electron chi connectivity index (χ4n) is 2.14. The van der Waals surface area contributed by atoms with Crippen molar-refractivity contribution in [1.29, 1.82) is 0 Å². The minimum Gasteiger partial charge on any atom is -0.352 e. The largest absolute Gasteiger partial charge is 0.352 e. The van der Waals surface area contributed by atoms with Gasteiger partial charge in [-0.2, -0.15) is 0 Å². The minimum absolute atomic E-state index is 0.00365. The van der Waals surface area contributed by atoms with E-state index in [1.807, 2.05) is 4.90 Å². The highest BCUT2D eigenvalue weighted by Gasteiger charge is 2.26. The van der Waals surface area contributed by atoms with Gasteiger partial charge in [0.1, 0.15) is 0 Å². The number of hydrogen-bond acceptors (Lipinski definition) is 3. The quantitative estimate of drug-likeness (QED) is 0.738. The summed E-state index contributed by atoms with van der Waals surface area (Å²) in [5.41, 5.74) is 0. The summed E-state index contributed by atoms with van der Waals surface area (Å²) in [6.07, 6.45) is 5.60. The van der Waals surface area contributed by atoms with Crippen LogP contribution < -0.4 is 10.6 Å². The van der Waals surface area contributed by atoms with E-state index >= 15 is 0 Å². The zero-order chi connectivity index (χ0) is 13.0. The van der Waals surface area contributed by atoms with Crippen molar-refractivity contribution in [2.24, 2.45) is 0 Å². The Kier molecular flexibility index (Phi) is 4.58. The first kappa shape index (κ1) is 13.3. The van der Waals surface area contributed by atoms with Gasteiger partial charge >= 0.3 is 0 Å². The van der Waals surface area contributed by atoms with Crippen LogP contribution in [0.5, 0.6) is 0 Å². The number of carbonyl (C=O) groups is 2. The van der Waals surface area contributed by atoms with E-state index in [9.17, 15) is 9.59 Å². The second-order valence-electron chi connectivity index (χ2n) is 5.33. The SMILES string of the molecule is CC(NCC(=O)N1CCCCC1)C(=O)NC1CC1. The maximum absolute atomic E-state index is 11.9. The van der Waals surface area contributed by atoms with Gasteiger partial charge in [0.15, 0.2) is 0 Å². The van der Waals surface area contributed by atoms with Crippen molar-refractivity contribution in [3.8, 4) is 0 Å². The Morgan fingerprint density at radius 2 is 1.89 bits per heavy atom. The first-order chi connectivity index (χ1) is 8.66. The van der Waals surface area contributed by atoms with Crippen LogP contribution in [0.2, 0.25) is 0 Å². The number of likely N-dealkylation sites (tertiary alicyclic amines) is 1. The van der Waals surface area contributed by atoms with Crippen LogP contribution in [0, 0.1) is 0 Å². The molecule has 1 heterocycles. The third-order valence-electron chi connectivity index (χ3n) is 3.59. The number of piperidine rings is 1. The molecular weight excluding hydrogens is 230 g/mol. The summed E-state index contributed by atoms with van der Waals surface area (Å²) in [6.45, 7) is 3.80. The summed E-state index contributed by atoms with van der Waals surface area (Å²) in [5.74, 6) is 0.115.